The molecule has 1 saturated heterocycles. The van der Waals surface area contributed by atoms with Crippen LogP contribution in [0.3, 0.4) is 0 Å². The van der Waals surface area contributed by atoms with Crippen molar-refractivity contribution >= 4 is 53.2 Å². The fourth-order valence-corrected chi connectivity index (χ4v) is 8.19. The first-order chi connectivity index (χ1) is 33.9. The lowest BCUT2D eigenvalue weighted by Crippen LogP contribution is -2.58. The minimum atomic E-state index is -1.14. The van der Waals surface area contributed by atoms with Crippen molar-refractivity contribution in [1.82, 2.24) is 42.1 Å². The zero-order chi connectivity index (χ0) is 53.1. The summed E-state index contributed by atoms with van der Waals surface area (Å²) < 4.78 is 0. The number of nitrogens with zero attached hydrogens (tertiary/aromatic N) is 1. The number of carbonyl (C=O) groups excluding carboxylic acids is 9. The third-order valence-corrected chi connectivity index (χ3v) is 12.3. The molecular weight excluding hydrogens is 915 g/mol. The molecule has 1 unspecified atom stereocenters. The number of hydrogen-bond donors (Lipinski definition) is 12. The van der Waals surface area contributed by atoms with Crippen molar-refractivity contribution in [2.45, 2.75) is 199 Å². The van der Waals surface area contributed by atoms with E-state index in [1.54, 1.807) is 0 Å². The minimum Gasteiger partial charge on any atom is -0.368 e. The molecule has 1 aliphatic rings. The Bertz CT molecular complexity index is 1640. The molecular formula is C49H93N13O9. The van der Waals surface area contributed by atoms with Crippen LogP contribution in [0, 0.1) is 11.8 Å². The molecule has 0 aliphatic carbocycles. The SMILES string of the molecule is CC(C)C[C@H](NC(=O)[C@H](CCCCN)NC(=O)CN1CCCCCCNC(=O)[C@H](C(C)C)NC(=O)CCCCC(=O)N[C@@H](CCCCN)C(=O)NC(CCCCN)C(=O)N[C@@H](CCCCN)C1=O)C(N)=O. The van der Waals surface area contributed by atoms with E-state index in [0.717, 1.165) is 0 Å². The number of amides is 9. The van der Waals surface area contributed by atoms with Crippen LogP contribution in [0.4, 0.5) is 0 Å². The first kappa shape index (κ1) is 64.1. The van der Waals surface area contributed by atoms with E-state index in [-0.39, 0.29) is 75.1 Å². The largest absolute Gasteiger partial charge is 0.368 e. The fraction of sp³-hybridized carbons (Fsp3) is 0.816. The maximum Gasteiger partial charge on any atom is 0.245 e. The average Bonchev–Trinajstić information content (AvgIpc) is 3.31. The van der Waals surface area contributed by atoms with E-state index in [9.17, 15) is 43.2 Å². The van der Waals surface area contributed by atoms with Crippen molar-refractivity contribution in [3.63, 3.8) is 0 Å². The summed E-state index contributed by atoms with van der Waals surface area (Å²) in [6.07, 6.45) is 8.31. The van der Waals surface area contributed by atoms with Gasteiger partial charge in [0.1, 0.15) is 36.3 Å². The van der Waals surface area contributed by atoms with Crippen LogP contribution in [-0.4, -0.2) is 140 Å². The number of rotatable bonds is 25. The second-order valence-corrected chi connectivity index (χ2v) is 19.6. The van der Waals surface area contributed by atoms with E-state index >= 15 is 0 Å². The summed E-state index contributed by atoms with van der Waals surface area (Å²) in [6.45, 7) is 8.77. The van der Waals surface area contributed by atoms with Crippen LogP contribution in [-0.2, 0) is 43.2 Å². The first-order valence-electron chi connectivity index (χ1n) is 26.3. The standard InChI is InChI=1S/C49H93N13O9/c1-33(2)31-39(44(54)66)60-46(68)36(20-10-14-26-51)57-42(65)32-62-30-18-6-5-17-29-55-48(70)43(34(3)4)61-41(64)24-8-7-23-40(63)56-35(19-9-13-25-50)45(67)58-37(21-11-15-27-52)47(69)59-38(49(62)71)22-12-16-28-53/h33-39,43H,5-32,50-53H2,1-4H3,(H2,54,66)(H,55,70)(H,56,63)(H,57,65)(H,58,67)(H,59,69)(H,60,68)(H,61,64)/t35-,36-,37?,38-,39-,43-/m0/s1. The highest BCUT2D eigenvalue weighted by atomic mass is 16.2. The predicted molar refractivity (Wildman–Crippen MR) is 273 cm³/mol. The number of nitrogens with one attached hydrogen (secondary N) is 7. The smallest absolute Gasteiger partial charge is 0.245 e. The van der Waals surface area contributed by atoms with E-state index in [2.05, 4.69) is 37.2 Å². The van der Waals surface area contributed by atoms with E-state index in [1.807, 2.05) is 27.7 Å². The second-order valence-electron chi connectivity index (χ2n) is 19.6. The molecule has 0 aromatic carbocycles. The van der Waals surface area contributed by atoms with Gasteiger partial charge in [-0.3, -0.25) is 43.2 Å². The zero-order valence-corrected chi connectivity index (χ0v) is 43.4. The lowest BCUT2D eigenvalue weighted by atomic mass is 10.0. The number of primary amides is 1. The quantitative estimate of drug-likeness (QED) is 0.0523. The third-order valence-electron chi connectivity index (χ3n) is 12.3. The molecule has 1 rings (SSSR count). The van der Waals surface area contributed by atoms with E-state index < -0.39 is 84.1 Å². The van der Waals surface area contributed by atoms with Gasteiger partial charge >= 0.3 is 0 Å². The van der Waals surface area contributed by atoms with E-state index in [4.69, 9.17) is 28.7 Å². The maximum absolute atomic E-state index is 14.8. The van der Waals surface area contributed by atoms with Gasteiger partial charge in [0.2, 0.25) is 53.2 Å². The summed E-state index contributed by atoms with van der Waals surface area (Å²) in [7, 11) is 0. The van der Waals surface area contributed by atoms with E-state index in [0.29, 0.717) is 123 Å². The lowest BCUT2D eigenvalue weighted by Gasteiger charge is -2.30. The highest BCUT2D eigenvalue weighted by Crippen LogP contribution is 2.14. The topological polar surface area (TPSA) is 371 Å². The van der Waals surface area contributed by atoms with Crippen molar-refractivity contribution < 1.29 is 43.2 Å². The van der Waals surface area contributed by atoms with Crippen LogP contribution >= 0.6 is 0 Å². The molecule has 1 fully saturated rings. The van der Waals surface area contributed by atoms with Crippen molar-refractivity contribution in [2.75, 3.05) is 45.8 Å². The van der Waals surface area contributed by atoms with Gasteiger partial charge in [0, 0.05) is 25.9 Å². The highest BCUT2D eigenvalue weighted by molar-refractivity contribution is 5.96. The van der Waals surface area contributed by atoms with Gasteiger partial charge in [-0.25, -0.2) is 0 Å². The molecule has 0 radical (unpaired) electrons. The zero-order valence-electron chi connectivity index (χ0n) is 43.4. The van der Waals surface area contributed by atoms with Gasteiger partial charge in [0.05, 0.1) is 6.54 Å². The van der Waals surface area contributed by atoms with Gasteiger partial charge < -0.3 is 70.8 Å². The molecule has 1 aliphatic heterocycles. The minimum absolute atomic E-state index is 0.0275. The Balaban J connectivity index is 3.69. The van der Waals surface area contributed by atoms with Crippen molar-refractivity contribution in [1.29, 1.82) is 0 Å². The summed E-state index contributed by atoms with van der Waals surface area (Å²) in [5, 5.41) is 19.7. The number of nitrogens with two attached hydrogens (primary N) is 5. The van der Waals surface area contributed by atoms with Crippen molar-refractivity contribution in [2.24, 2.45) is 40.5 Å². The van der Waals surface area contributed by atoms with Crippen molar-refractivity contribution in [3.05, 3.63) is 0 Å². The molecule has 0 aromatic heterocycles. The van der Waals surface area contributed by atoms with Gasteiger partial charge in [-0.15, -0.1) is 0 Å². The summed E-state index contributed by atoms with van der Waals surface area (Å²) in [4.78, 5) is 124. The molecule has 17 N–H and O–H groups in total. The van der Waals surface area contributed by atoms with E-state index in [1.165, 1.54) is 4.90 Å². The number of hydrogen-bond acceptors (Lipinski definition) is 13. The van der Waals surface area contributed by atoms with Crippen LogP contribution in [0.25, 0.3) is 0 Å². The molecule has 0 bridgehead atoms. The van der Waals surface area contributed by atoms with Crippen LogP contribution in [0.5, 0.6) is 0 Å². The molecule has 0 spiro atoms. The van der Waals surface area contributed by atoms with Gasteiger partial charge in [-0.2, -0.15) is 0 Å². The highest BCUT2D eigenvalue weighted by Gasteiger charge is 2.33. The maximum atomic E-state index is 14.8. The van der Waals surface area contributed by atoms with Gasteiger partial charge in [-0.05, 0) is 147 Å². The first-order valence-corrected chi connectivity index (χ1v) is 26.3. The molecule has 1 heterocycles. The summed E-state index contributed by atoms with van der Waals surface area (Å²) in [5.41, 5.74) is 28.8. The summed E-state index contributed by atoms with van der Waals surface area (Å²) in [5.74, 6) is -4.99. The van der Waals surface area contributed by atoms with Gasteiger partial charge in [-0.1, -0.05) is 40.5 Å². The summed E-state index contributed by atoms with van der Waals surface area (Å²) >= 11 is 0. The summed E-state index contributed by atoms with van der Waals surface area (Å²) in [6, 6.07) is -6.10. The molecule has 0 aromatic rings. The third kappa shape index (κ3) is 28.0. The number of unbranched alkanes of at least 4 members (excludes halogenated alkanes) is 4. The fourth-order valence-electron chi connectivity index (χ4n) is 8.19. The van der Waals surface area contributed by atoms with Gasteiger partial charge in [0.25, 0.3) is 0 Å². The second kappa shape index (κ2) is 37.8. The molecule has 22 heteroatoms. The molecule has 0 saturated carbocycles. The molecule has 71 heavy (non-hydrogen) atoms. The Morgan fingerprint density at radius 2 is 1.10 bits per heavy atom. The Morgan fingerprint density at radius 1 is 0.592 bits per heavy atom. The van der Waals surface area contributed by atoms with Crippen molar-refractivity contribution in [3.8, 4) is 0 Å². The molecule has 22 nitrogen and oxygen atoms in total. The normalized spacial score (nSPS) is 21.1. The Hall–Kier alpha value is -4.93. The van der Waals surface area contributed by atoms with Gasteiger partial charge in [0.15, 0.2) is 0 Å². The van der Waals surface area contributed by atoms with Crippen LogP contribution in [0.15, 0.2) is 0 Å². The molecule has 408 valence electrons. The molecule has 9 amide bonds. The lowest BCUT2D eigenvalue weighted by molar-refractivity contribution is -0.141. The Labute approximate surface area is 422 Å². The monoisotopic (exact) mass is 1010 g/mol. The van der Waals surface area contributed by atoms with Crippen LogP contribution < -0.4 is 65.9 Å². The van der Waals surface area contributed by atoms with Crippen LogP contribution in [0.2, 0.25) is 0 Å². The Morgan fingerprint density at radius 3 is 1.63 bits per heavy atom. The molecule has 6 atom stereocenters. The number of carbonyl (C=O) groups is 9. The Kier molecular flexibility index (Phi) is 34.1. The predicted octanol–water partition coefficient (Wildman–Crippen LogP) is -0.322. The van der Waals surface area contributed by atoms with Crippen LogP contribution in [0.1, 0.15) is 163 Å². The average molecular weight is 1010 g/mol.